The van der Waals surface area contributed by atoms with Gasteiger partial charge in [-0.1, -0.05) is 111 Å². The van der Waals surface area contributed by atoms with Crippen molar-refractivity contribution in [2.45, 2.75) is 26.7 Å². The van der Waals surface area contributed by atoms with Gasteiger partial charge in [0.25, 0.3) is 0 Å². The van der Waals surface area contributed by atoms with Crippen LogP contribution < -0.4 is 15.3 Å². The lowest BCUT2D eigenvalue weighted by atomic mass is 10.1. The van der Waals surface area contributed by atoms with Gasteiger partial charge in [0.1, 0.15) is 0 Å². The van der Waals surface area contributed by atoms with Gasteiger partial charge >= 0.3 is 0 Å². The zero-order valence-corrected chi connectivity index (χ0v) is 19.6. The first-order chi connectivity index (χ1) is 15.8. The van der Waals surface area contributed by atoms with Gasteiger partial charge in [0.15, 0.2) is 0 Å². The summed E-state index contributed by atoms with van der Waals surface area (Å²) in [4.78, 5) is 5.02. The van der Waals surface area contributed by atoms with Gasteiger partial charge < -0.3 is 4.67 Å². The number of aliphatic imine (C=N–C) groups is 1. The maximum absolute atomic E-state index is 5.02. The Balaban J connectivity index is 1.89. The second kappa shape index (κ2) is 10.9. The molecule has 0 radical (unpaired) electrons. The molecule has 0 spiro atoms. The second-order valence-corrected chi connectivity index (χ2v) is 9.62. The van der Waals surface area contributed by atoms with E-state index in [0.717, 1.165) is 18.5 Å². The summed E-state index contributed by atoms with van der Waals surface area (Å²) in [5, 5.41) is 2.60. The molecule has 0 N–H and O–H groups in total. The fraction of sp³-hybridized carbons (Fsp3) is 0.138. The van der Waals surface area contributed by atoms with Crippen LogP contribution in [0.2, 0.25) is 0 Å². The molecule has 0 unspecified atom stereocenters. The van der Waals surface area contributed by atoms with Crippen LogP contribution in [0.3, 0.4) is 0 Å². The van der Waals surface area contributed by atoms with Crippen LogP contribution in [0.1, 0.15) is 25.0 Å². The van der Waals surface area contributed by atoms with E-state index in [2.05, 4.69) is 134 Å². The van der Waals surface area contributed by atoms with Crippen molar-refractivity contribution in [1.29, 1.82) is 0 Å². The van der Waals surface area contributed by atoms with E-state index in [9.17, 15) is 0 Å². The Labute approximate surface area is 193 Å². The molecule has 0 aromatic heterocycles. The minimum absolute atomic E-state index is 0.839. The normalized spacial score (nSPS) is 11.2. The first kappa shape index (κ1) is 22.0. The Hall–Kier alpha value is -3.22. The molecule has 0 saturated carbocycles. The molecule has 0 amide bonds. The molecule has 2 nitrogen and oxygen atoms in total. The summed E-state index contributed by atoms with van der Waals surface area (Å²) in [5.41, 5.74) is 4.83. The van der Waals surface area contributed by atoms with Gasteiger partial charge in [-0.3, -0.25) is 0 Å². The van der Waals surface area contributed by atoms with Crippen molar-refractivity contribution < 1.29 is 0 Å². The van der Waals surface area contributed by atoms with E-state index < -0.39 is 8.07 Å². The number of anilines is 1. The Bertz CT molecular complexity index is 1120. The Morgan fingerprint density at radius 1 is 0.625 bits per heavy atom. The fourth-order valence-electron chi connectivity index (χ4n) is 3.84. The average molecular weight is 437 g/mol. The molecular formula is C29H29N2P. The molecule has 0 atom stereocenters. The second-order valence-electron chi connectivity index (χ2n) is 7.54. The van der Waals surface area contributed by atoms with Crippen molar-refractivity contribution in [3.63, 3.8) is 0 Å². The summed E-state index contributed by atoms with van der Waals surface area (Å²) in [6, 6.07) is 38.7. The molecule has 0 aliphatic carbocycles. The van der Waals surface area contributed by atoms with E-state index in [4.69, 9.17) is 4.99 Å². The Morgan fingerprint density at radius 3 is 1.72 bits per heavy atom. The number of para-hydroxylation sites is 2. The molecule has 3 heteroatoms. The van der Waals surface area contributed by atoms with Crippen molar-refractivity contribution in [2.75, 3.05) is 4.67 Å². The van der Waals surface area contributed by atoms with E-state index in [1.807, 2.05) is 0 Å². The van der Waals surface area contributed by atoms with Crippen LogP contribution in [-0.2, 0) is 12.8 Å². The van der Waals surface area contributed by atoms with E-state index >= 15 is 0 Å². The van der Waals surface area contributed by atoms with Crippen LogP contribution in [0.5, 0.6) is 0 Å². The molecule has 0 aliphatic rings. The highest BCUT2D eigenvalue weighted by Gasteiger charge is 2.23. The number of rotatable bonds is 8. The molecule has 4 rings (SSSR count). The molecule has 160 valence electrons. The molecule has 4 aromatic rings. The standard InChI is InChI=1S/C29H29N2P/c1-3-24-15-11-13-21-28(24)30-23-31(29-22-14-12-16-25(29)4-2)32(26-17-7-5-8-18-26)27-19-9-6-10-20-27/h5-23H,3-4H2,1-2H3/b30-23+. The number of hydrogen-bond acceptors (Lipinski definition) is 1. The van der Waals surface area contributed by atoms with Gasteiger partial charge in [0.05, 0.1) is 20.1 Å². The minimum atomic E-state index is -0.839. The van der Waals surface area contributed by atoms with Crippen molar-refractivity contribution >= 4 is 36.4 Å². The van der Waals surface area contributed by atoms with Crippen molar-refractivity contribution in [3.05, 3.63) is 120 Å². The molecule has 0 saturated heterocycles. The van der Waals surface area contributed by atoms with Crippen molar-refractivity contribution in [2.24, 2.45) is 4.99 Å². The maximum atomic E-state index is 5.02. The smallest absolute Gasteiger partial charge is 0.0995 e. The molecule has 0 heterocycles. The number of aryl methyl sites for hydroxylation is 2. The SMILES string of the molecule is CCc1ccccc1/N=C/N(c1ccccc1CC)P(c1ccccc1)c1ccccc1. The van der Waals surface area contributed by atoms with Crippen molar-refractivity contribution in [1.82, 2.24) is 0 Å². The quantitative estimate of drug-likeness (QED) is 0.165. The third-order valence-corrected chi connectivity index (χ3v) is 7.84. The van der Waals surface area contributed by atoms with E-state index in [-0.39, 0.29) is 0 Å². The van der Waals surface area contributed by atoms with E-state index in [1.165, 1.54) is 27.4 Å². The predicted molar refractivity (Wildman–Crippen MR) is 141 cm³/mol. The Morgan fingerprint density at radius 2 is 1.12 bits per heavy atom. The zero-order chi connectivity index (χ0) is 22.2. The third-order valence-electron chi connectivity index (χ3n) is 5.52. The summed E-state index contributed by atoms with van der Waals surface area (Å²) in [5.74, 6) is 0. The summed E-state index contributed by atoms with van der Waals surface area (Å²) in [6.45, 7) is 4.40. The topological polar surface area (TPSA) is 15.6 Å². The van der Waals surface area contributed by atoms with Crippen LogP contribution in [-0.4, -0.2) is 6.34 Å². The van der Waals surface area contributed by atoms with Crippen LogP contribution in [0.15, 0.2) is 114 Å². The predicted octanol–water partition coefficient (Wildman–Crippen LogP) is 7.03. The molecule has 0 fully saturated rings. The molecular weight excluding hydrogens is 407 g/mol. The molecule has 0 aliphatic heterocycles. The lowest BCUT2D eigenvalue weighted by Crippen LogP contribution is -2.28. The first-order valence-electron chi connectivity index (χ1n) is 11.2. The van der Waals surface area contributed by atoms with Crippen LogP contribution >= 0.6 is 8.07 Å². The van der Waals surface area contributed by atoms with Gasteiger partial charge in [-0.05, 0) is 36.1 Å². The van der Waals surface area contributed by atoms with Gasteiger partial charge in [0.2, 0.25) is 0 Å². The highest BCUT2D eigenvalue weighted by atomic mass is 31.1. The first-order valence-corrected chi connectivity index (χ1v) is 12.5. The highest BCUT2D eigenvalue weighted by molar-refractivity contribution is 7.75. The minimum Gasteiger partial charge on any atom is -0.302 e. The maximum Gasteiger partial charge on any atom is 0.0995 e. The average Bonchev–Trinajstić information content (AvgIpc) is 2.87. The van der Waals surface area contributed by atoms with Gasteiger partial charge in [-0.2, -0.15) is 0 Å². The molecule has 4 aromatic carbocycles. The van der Waals surface area contributed by atoms with Crippen LogP contribution in [0, 0.1) is 0 Å². The monoisotopic (exact) mass is 436 g/mol. The summed E-state index contributed by atoms with van der Waals surface area (Å²) < 4.78 is 2.39. The lowest BCUT2D eigenvalue weighted by molar-refractivity contribution is 1.13. The van der Waals surface area contributed by atoms with Gasteiger partial charge in [0, 0.05) is 16.3 Å². The zero-order valence-electron chi connectivity index (χ0n) is 18.7. The number of hydrogen-bond donors (Lipinski definition) is 0. The summed E-state index contributed by atoms with van der Waals surface area (Å²) in [6.07, 6.45) is 3.98. The summed E-state index contributed by atoms with van der Waals surface area (Å²) >= 11 is 0. The lowest BCUT2D eigenvalue weighted by Gasteiger charge is -2.32. The molecule has 32 heavy (non-hydrogen) atoms. The fourth-order valence-corrected chi connectivity index (χ4v) is 6.11. The van der Waals surface area contributed by atoms with E-state index in [1.54, 1.807) is 0 Å². The summed E-state index contributed by atoms with van der Waals surface area (Å²) in [7, 11) is -0.839. The van der Waals surface area contributed by atoms with Crippen LogP contribution in [0.25, 0.3) is 0 Å². The third kappa shape index (κ3) is 4.98. The van der Waals surface area contributed by atoms with Crippen LogP contribution in [0.4, 0.5) is 11.4 Å². The van der Waals surface area contributed by atoms with E-state index in [0.29, 0.717) is 0 Å². The highest BCUT2D eigenvalue weighted by Crippen LogP contribution is 2.42. The molecule has 0 bridgehead atoms. The number of nitrogens with zero attached hydrogens (tertiary/aromatic N) is 2. The van der Waals surface area contributed by atoms with Gasteiger partial charge in [-0.15, -0.1) is 0 Å². The van der Waals surface area contributed by atoms with Crippen molar-refractivity contribution in [3.8, 4) is 0 Å². The largest absolute Gasteiger partial charge is 0.302 e. The number of benzene rings is 4. The van der Waals surface area contributed by atoms with Gasteiger partial charge in [-0.25, -0.2) is 4.99 Å². The Kier molecular flexibility index (Phi) is 7.48.